The van der Waals surface area contributed by atoms with E-state index in [0.29, 0.717) is 49.0 Å². The van der Waals surface area contributed by atoms with E-state index >= 15 is 0 Å². The van der Waals surface area contributed by atoms with Crippen molar-refractivity contribution in [1.82, 2.24) is 14.9 Å². The third kappa shape index (κ3) is 7.15. The first-order valence-electron chi connectivity index (χ1n) is 9.06. The molecule has 1 atom stereocenters. The Morgan fingerprint density at radius 2 is 1.96 bits per heavy atom. The molecule has 2 rings (SSSR count). The summed E-state index contributed by atoms with van der Waals surface area (Å²) in [4.78, 5) is 5.51. The smallest absolute Gasteiger partial charge is 0.252 e. The predicted octanol–water partition coefficient (Wildman–Crippen LogP) is 2.49. The molecule has 2 N–H and O–H groups in total. The first-order chi connectivity index (χ1) is 12.3. The molecule has 0 spiro atoms. The highest BCUT2D eigenvalue weighted by atomic mass is 127. The minimum Gasteiger partial charge on any atom is -0.379 e. The summed E-state index contributed by atoms with van der Waals surface area (Å²) in [6.07, 6.45) is 0. The molecule has 2 heterocycles. The molecular formula is C17H31IN4O3S2. The number of sulfonamides is 1. The SMILES string of the molecule is CCNC(=NCc1ccc(S(=O)(=O)N2CCOCC2)s1)NC(C)C(C)C.I. The van der Waals surface area contributed by atoms with E-state index in [0.717, 1.165) is 17.4 Å². The molecule has 156 valence electrons. The molecule has 1 fully saturated rings. The first kappa shape index (κ1) is 24.6. The topological polar surface area (TPSA) is 83.0 Å². The third-order valence-electron chi connectivity index (χ3n) is 4.30. The number of thiophene rings is 1. The van der Waals surface area contributed by atoms with E-state index in [1.807, 2.05) is 13.0 Å². The second kappa shape index (κ2) is 11.5. The van der Waals surface area contributed by atoms with Gasteiger partial charge in [-0.05, 0) is 31.9 Å². The highest BCUT2D eigenvalue weighted by Crippen LogP contribution is 2.26. The summed E-state index contributed by atoms with van der Waals surface area (Å²) in [5.74, 6) is 1.24. The van der Waals surface area contributed by atoms with Gasteiger partial charge >= 0.3 is 0 Å². The van der Waals surface area contributed by atoms with Crippen molar-refractivity contribution >= 4 is 51.3 Å². The number of nitrogens with one attached hydrogen (secondary N) is 2. The molecule has 0 saturated carbocycles. The summed E-state index contributed by atoms with van der Waals surface area (Å²) in [6, 6.07) is 3.82. The molecule has 1 aromatic rings. The van der Waals surface area contributed by atoms with E-state index < -0.39 is 10.0 Å². The van der Waals surface area contributed by atoms with Crippen molar-refractivity contribution in [2.45, 2.75) is 44.5 Å². The number of morpholine rings is 1. The molecule has 0 aromatic carbocycles. The zero-order valence-corrected chi connectivity index (χ0v) is 20.4. The van der Waals surface area contributed by atoms with Gasteiger partial charge in [-0.2, -0.15) is 4.31 Å². The lowest BCUT2D eigenvalue weighted by Crippen LogP contribution is -2.44. The van der Waals surface area contributed by atoms with Gasteiger partial charge in [-0.1, -0.05) is 13.8 Å². The highest BCUT2D eigenvalue weighted by molar-refractivity contribution is 14.0. The van der Waals surface area contributed by atoms with Gasteiger partial charge in [0.2, 0.25) is 0 Å². The van der Waals surface area contributed by atoms with Crippen molar-refractivity contribution in [3.8, 4) is 0 Å². The van der Waals surface area contributed by atoms with Crippen LogP contribution in [0.15, 0.2) is 21.3 Å². The van der Waals surface area contributed by atoms with Crippen LogP contribution >= 0.6 is 35.3 Å². The Balaban J connectivity index is 0.00000364. The van der Waals surface area contributed by atoms with E-state index in [1.165, 1.54) is 15.6 Å². The molecule has 0 amide bonds. The Labute approximate surface area is 184 Å². The summed E-state index contributed by atoms with van der Waals surface area (Å²) in [5, 5.41) is 6.61. The summed E-state index contributed by atoms with van der Waals surface area (Å²) in [7, 11) is -3.43. The molecule has 7 nitrogen and oxygen atoms in total. The van der Waals surface area contributed by atoms with Gasteiger partial charge in [0.1, 0.15) is 4.21 Å². The molecule has 1 aliphatic heterocycles. The minimum absolute atomic E-state index is 0. The maximum absolute atomic E-state index is 12.7. The Kier molecular flexibility index (Phi) is 10.5. The van der Waals surface area contributed by atoms with E-state index in [9.17, 15) is 8.42 Å². The number of aliphatic imine (C=N–C) groups is 1. The highest BCUT2D eigenvalue weighted by Gasteiger charge is 2.27. The van der Waals surface area contributed by atoms with Crippen molar-refractivity contribution in [2.24, 2.45) is 10.9 Å². The zero-order valence-electron chi connectivity index (χ0n) is 16.4. The number of nitrogens with zero attached hydrogens (tertiary/aromatic N) is 2. The molecule has 27 heavy (non-hydrogen) atoms. The van der Waals surface area contributed by atoms with Gasteiger partial charge in [-0.3, -0.25) is 0 Å². The van der Waals surface area contributed by atoms with Crippen molar-refractivity contribution in [3.63, 3.8) is 0 Å². The second-order valence-corrected chi connectivity index (χ2v) is 9.94. The van der Waals surface area contributed by atoms with Crippen LogP contribution in [-0.2, 0) is 21.3 Å². The fourth-order valence-electron chi connectivity index (χ4n) is 2.36. The van der Waals surface area contributed by atoms with Gasteiger partial charge in [-0.15, -0.1) is 35.3 Å². The van der Waals surface area contributed by atoms with Gasteiger partial charge in [0.15, 0.2) is 5.96 Å². The largest absolute Gasteiger partial charge is 0.379 e. The van der Waals surface area contributed by atoms with Gasteiger partial charge in [0, 0.05) is 30.6 Å². The number of halogens is 1. The molecule has 0 aliphatic carbocycles. The molecule has 1 aromatic heterocycles. The predicted molar refractivity (Wildman–Crippen MR) is 122 cm³/mol. The standard InChI is InChI=1S/C17H30N4O3S2.HI/c1-5-18-17(20-14(4)13(2)3)19-12-15-6-7-16(25-15)26(22,23)21-8-10-24-11-9-21;/h6-7,13-14H,5,8-12H2,1-4H3,(H2,18,19,20);1H. The van der Waals surface area contributed by atoms with E-state index in [2.05, 4.69) is 36.4 Å². The number of guanidine groups is 1. The summed E-state index contributed by atoms with van der Waals surface area (Å²) in [6.45, 7) is 11.4. The zero-order chi connectivity index (χ0) is 19.2. The molecule has 0 radical (unpaired) electrons. The van der Waals surface area contributed by atoms with Crippen LogP contribution in [0.1, 0.15) is 32.6 Å². The molecule has 1 aliphatic rings. The quantitative estimate of drug-likeness (QED) is 0.322. The number of hydrogen-bond donors (Lipinski definition) is 2. The Bertz CT molecular complexity index is 701. The lowest BCUT2D eigenvalue weighted by molar-refractivity contribution is 0.0731. The van der Waals surface area contributed by atoms with Crippen molar-refractivity contribution in [2.75, 3.05) is 32.8 Å². The Morgan fingerprint density at radius 3 is 2.56 bits per heavy atom. The second-order valence-electron chi connectivity index (χ2n) is 6.61. The minimum atomic E-state index is -3.43. The number of hydrogen-bond acceptors (Lipinski definition) is 5. The van der Waals surface area contributed by atoms with Crippen molar-refractivity contribution < 1.29 is 13.2 Å². The average molecular weight is 530 g/mol. The third-order valence-corrected chi connectivity index (χ3v) is 7.74. The fraction of sp³-hybridized carbons (Fsp3) is 0.706. The molecule has 1 unspecified atom stereocenters. The maximum atomic E-state index is 12.7. The van der Waals surface area contributed by atoms with E-state index in [4.69, 9.17) is 4.74 Å². The first-order valence-corrected chi connectivity index (χ1v) is 11.3. The van der Waals surface area contributed by atoms with Gasteiger partial charge in [0.25, 0.3) is 10.0 Å². The van der Waals surface area contributed by atoms with Crippen LogP contribution in [0.5, 0.6) is 0 Å². The van der Waals surface area contributed by atoms with Crippen molar-refractivity contribution in [3.05, 3.63) is 17.0 Å². The Hall–Kier alpha value is -0.430. The number of ether oxygens (including phenoxy) is 1. The summed E-state index contributed by atoms with van der Waals surface area (Å²) >= 11 is 1.29. The van der Waals surface area contributed by atoms with Gasteiger partial charge in [0.05, 0.1) is 19.8 Å². The van der Waals surface area contributed by atoms with Crippen LogP contribution < -0.4 is 10.6 Å². The summed E-state index contributed by atoms with van der Waals surface area (Å²) in [5.41, 5.74) is 0. The molecule has 10 heteroatoms. The Morgan fingerprint density at radius 1 is 1.30 bits per heavy atom. The van der Waals surface area contributed by atoms with Crippen LogP contribution in [0, 0.1) is 5.92 Å². The van der Waals surface area contributed by atoms with E-state index in [1.54, 1.807) is 6.07 Å². The monoisotopic (exact) mass is 530 g/mol. The number of rotatable bonds is 7. The fourth-order valence-corrected chi connectivity index (χ4v) is 5.20. The normalized spacial score (nSPS) is 17.4. The maximum Gasteiger partial charge on any atom is 0.252 e. The molecular weight excluding hydrogens is 499 g/mol. The molecule has 0 bridgehead atoms. The lowest BCUT2D eigenvalue weighted by Gasteiger charge is -2.25. The molecule has 1 saturated heterocycles. The van der Waals surface area contributed by atoms with Gasteiger partial charge < -0.3 is 15.4 Å². The van der Waals surface area contributed by atoms with Gasteiger partial charge in [-0.25, -0.2) is 13.4 Å². The van der Waals surface area contributed by atoms with Crippen molar-refractivity contribution in [1.29, 1.82) is 0 Å². The van der Waals surface area contributed by atoms with Crippen LogP contribution in [0.3, 0.4) is 0 Å². The average Bonchev–Trinajstić information content (AvgIpc) is 3.10. The van der Waals surface area contributed by atoms with E-state index in [-0.39, 0.29) is 24.0 Å². The van der Waals surface area contributed by atoms with Crippen LogP contribution in [0.4, 0.5) is 0 Å². The van der Waals surface area contributed by atoms with Crippen LogP contribution in [-0.4, -0.2) is 57.6 Å². The van der Waals surface area contributed by atoms with Crippen LogP contribution in [0.2, 0.25) is 0 Å². The lowest BCUT2D eigenvalue weighted by atomic mass is 10.1. The summed E-state index contributed by atoms with van der Waals surface area (Å²) < 4.78 is 32.5. The van der Waals surface area contributed by atoms with Crippen LogP contribution in [0.25, 0.3) is 0 Å².